The smallest absolute Gasteiger partial charge is 0.317 e. The van der Waals surface area contributed by atoms with E-state index in [1.807, 2.05) is 4.90 Å². The molecule has 1 aromatic heterocycles. The Bertz CT molecular complexity index is 558. The summed E-state index contributed by atoms with van der Waals surface area (Å²) < 4.78 is 0. The molecule has 6 nitrogen and oxygen atoms in total. The van der Waals surface area contributed by atoms with E-state index in [1.165, 1.54) is 6.20 Å². The zero-order valence-corrected chi connectivity index (χ0v) is 12.3. The maximum atomic E-state index is 12.4. The quantitative estimate of drug-likeness (QED) is 0.897. The molecular formula is C14H17ClN4O2. The van der Waals surface area contributed by atoms with Gasteiger partial charge in [-0.25, -0.2) is 4.79 Å². The fourth-order valence-corrected chi connectivity index (χ4v) is 3.11. The van der Waals surface area contributed by atoms with Crippen LogP contribution in [0.4, 0.5) is 4.79 Å². The molecule has 7 heteroatoms. The summed E-state index contributed by atoms with van der Waals surface area (Å²) in [5.74, 6) is -0.0857. The van der Waals surface area contributed by atoms with Crippen molar-refractivity contribution in [3.8, 4) is 0 Å². The highest BCUT2D eigenvalue weighted by molar-refractivity contribution is 6.33. The maximum Gasteiger partial charge on any atom is 0.317 e. The molecule has 3 amide bonds. The average Bonchev–Trinajstić information content (AvgIpc) is 2.93. The van der Waals surface area contributed by atoms with Crippen LogP contribution in [0.25, 0.3) is 0 Å². The van der Waals surface area contributed by atoms with Crippen molar-refractivity contribution in [2.24, 2.45) is 0 Å². The summed E-state index contributed by atoms with van der Waals surface area (Å²) in [7, 11) is 0. The van der Waals surface area contributed by atoms with Crippen LogP contribution in [-0.2, 0) is 0 Å². The highest BCUT2D eigenvalue weighted by Gasteiger charge is 2.32. The van der Waals surface area contributed by atoms with Crippen LogP contribution in [0.5, 0.6) is 0 Å². The van der Waals surface area contributed by atoms with E-state index in [9.17, 15) is 9.59 Å². The normalized spacial score (nSPS) is 19.8. The molecule has 0 unspecified atom stereocenters. The van der Waals surface area contributed by atoms with Crippen molar-refractivity contribution >= 4 is 23.5 Å². The largest absolute Gasteiger partial charge is 0.338 e. The van der Waals surface area contributed by atoms with Crippen LogP contribution in [0.1, 0.15) is 23.2 Å². The van der Waals surface area contributed by atoms with Crippen LogP contribution < -0.4 is 5.32 Å². The average molecular weight is 309 g/mol. The van der Waals surface area contributed by atoms with Gasteiger partial charge in [0.2, 0.25) is 0 Å². The second-order valence-corrected chi connectivity index (χ2v) is 5.71. The fourth-order valence-electron chi connectivity index (χ4n) is 2.92. The first-order valence-corrected chi connectivity index (χ1v) is 7.48. The highest BCUT2D eigenvalue weighted by atomic mass is 35.5. The van der Waals surface area contributed by atoms with Gasteiger partial charge in [-0.1, -0.05) is 11.6 Å². The molecule has 2 saturated heterocycles. The standard InChI is InChI=1S/C14H17ClN4O2/c15-12-1-4-16-9-11(12)13(20)18-6-2-10(3-7-18)19-8-5-17-14(19)21/h1,4,9-10H,2-3,5-8H2,(H,17,21). The lowest BCUT2D eigenvalue weighted by atomic mass is 10.0. The van der Waals surface area contributed by atoms with Crippen molar-refractivity contribution in [1.82, 2.24) is 20.1 Å². The lowest BCUT2D eigenvalue weighted by molar-refractivity contribution is 0.0666. The molecule has 0 radical (unpaired) electrons. The first kappa shape index (κ1) is 14.1. The molecule has 0 aliphatic carbocycles. The number of rotatable bonds is 2. The number of likely N-dealkylation sites (tertiary alicyclic amines) is 1. The van der Waals surface area contributed by atoms with Gasteiger partial charge in [0.15, 0.2) is 0 Å². The molecule has 1 N–H and O–H groups in total. The van der Waals surface area contributed by atoms with E-state index in [1.54, 1.807) is 17.2 Å². The molecule has 1 aromatic rings. The van der Waals surface area contributed by atoms with Crippen molar-refractivity contribution in [3.05, 3.63) is 29.0 Å². The molecule has 21 heavy (non-hydrogen) atoms. The van der Waals surface area contributed by atoms with Crippen LogP contribution >= 0.6 is 11.6 Å². The third-order valence-corrected chi connectivity index (χ3v) is 4.41. The number of piperidine rings is 1. The van der Waals surface area contributed by atoms with Gasteiger partial charge < -0.3 is 15.1 Å². The number of pyridine rings is 1. The Hall–Kier alpha value is -1.82. The molecular weight excluding hydrogens is 292 g/mol. The van der Waals surface area contributed by atoms with E-state index in [-0.39, 0.29) is 18.0 Å². The Balaban J connectivity index is 1.62. The SMILES string of the molecule is O=C(c1cnccc1Cl)N1CCC(N2CCNC2=O)CC1. The van der Waals surface area contributed by atoms with Gasteiger partial charge in [0.05, 0.1) is 10.6 Å². The van der Waals surface area contributed by atoms with E-state index in [4.69, 9.17) is 11.6 Å². The predicted molar refractivity (Wildman–Crippen MR) is 78.3 cm³/mol. The maximum absolute atomic E-state index is 12.4. The summed E-state index contributed by atoms with van der Waals surface area (Å²) in [6.45, 7) is 2.74. The Morgan fingerprint density at radius 3 is 2.71 bits per heavy atom. The van der Waals surface area contributed by atoms with Gasteiger partial charge in [0, 0.05) is 44.6 Å². The van der Waals surface area contributed by atoms with Crippen molar-refractivity contribution in [1.29, 1.82) is 0 Å². The van der Waals surface area contributed by atoms with E-state index in [0.29, 0.717) is 30.2 Å². The molecule has 0 atom stereocenters. The van der Waals surface area contributed by atoms with Crippen LogP contribution in [0.15, 0.2) is 18.5 Å². The summed E-state index contributed by atoms with van der Waals surface area (Å²) in [6, 6.07) is 1.85. The van der Waals surface area contributed by atoms with Crippen molar-refractivity contribution in [3.63, 3.8) is 0 Å². The first-order valence-electron chi connectivity index (χ1n) is 7.10. The summed E-state index contributed by atoms with van der Waals surface area (Å²) in [5, 5.41) is 3.24. The molecule has 112 valence electrons. The van der Waals surface area contributed by atoms with E-state index in [2.05, 4.69) is 10.3 Å². The number of aromatic nitrogens is 1. The van der Waals surface area contributed by atoms with E-state index < -0.39 is 0 Å². The van der Waals surface area contributed by atoms with Crippen molar-refractivity contribution in [2.75, 3.05) is 26.2 Å². The fraction of sp³-hybridized carbons (Fsp3) is 0.500. The minimum Gasteiger partial charge on any atom is -0.338 e. The number of hydrogen-bond acceptors (Lipinski definition) is 3. The van der Waals surface area contributed by atoms with Crippen LogP contribution in [0.3, 0.4) is 0 Å². The molecule has 0 spiro atoms. The third-order valence-electron chi connectivity index (χ3n) is 4.08. The Labute approximate surface area is 128 Å². The Morgan fingerprint density at radius 1 is 1.33 bits per heavy atom. The minimum absolute atomic E-state index is 0.00933. The van der Waals surface area contributed by atoms with Gasteiger partial charge in [-0.05, 0) is 18.9 Å². The molecule has 0 aromatic carbocycles. The van der Waals surface area contributed by atoms with Gasteiger partial charge in [0.25, 0.3) is 5.91 Å². The summed E-state index contributed by atoms with van der Waals surface area (Å²) in [6.07, 6.45) is 4.68. The molecule has 2 aliphatic rings. The molecule has 2 fully saturated rings. The van der Waals surface area contributed by atoms with Gasteiger partial charge in [0.1, 0.15) is 0 Å². The van der Waals surface area contributed by atoms with Crippen LogP contribution in [0, 0.1) is 0 Å². The van der Waals surface area contributed by atoms with E-state index in [0.717, 1.165) is 19.4 Å². The number of nitrogens with zero attached hydrogens (tertiary/aromatic N) is 3. The van der Waals surface area contributed by atoms with Crippen LogP contribution in [-0.4, -0.2) is 58.9 Å². The zero-order chi connectivity index (χ0) is 14.8. The second-order valence-electron chi connectivity index (χ2n) is 5.30. The summed E-state index contributed by atoms with van der Waals surface area (Å²) in [4.78, 5) is 31.7. The number of halogens is 1. The molecule has 0 saturated carbocycles. The molecule has 3 rings (SSSR count). The lowest BCUT2D eigenvalue weighted by Crippen LogP contribution is -2.47. The van der Waals surface area contributed by atoms with Gasteiger partial charge >= 0.3 is 6.03 Å². The lowest BCUT2D eigenvalue weighted by Gasteiger charge is -2.36. The first-order chi connectivity index (χ1) is 10.2. The summed E-state index contributed by atoms with van der Waals surface area (Å²) in [5.41, 5.74) is 0.441. The monoisotopic (exact) mass is 308 g/mol. The number of hydrogen-bond donors (Lipinski definition) is 1. The number of amides is 3. The van der Waals surface area contributed by atoms with Crippen LogP contribution in [0.2, 0.25) is 5.02 Å². The van der Waals surface area contributed by atoms with Gasteiger partial charge in [-0.3, -0.25) is 9.78 Å². The minimum atomic E-state index is -0.0857. The van der Waals surface area contributed by atoms with Crippen molar-refractivity contribution < 1.29 is 9.59 Å². The summed E-state index contributed by atoms with van der Waals surface area (Å²) >= 11 is 6.04. The number of carbonyl (C=O) groups is 2. The Morgan fingerprint density at radius 2 is 2.10 bits per heavy atom. The molecule has 2 aliphatic heterocycles. The second kappa shape index (κ2) is 5.89. The van der Waals surface area contributed by atoms with Crippen molar-refractivity contribution in [2.45, 2.75) is 18.9 Å². The third kappa shape index (κ3) is 2.81. The van der Waals surface area contributed by atoms with E-state index >= 15 is 0 Å². The zero-order valence-electron chi connectivity index (χ0n) is 11.6. The number of urea groups is 1. The topological polar surface area (TPSA) is 65.5 Å². The number of carbonyl (C=O) groups excluding carboxylic acids is 2. The number of nitrogens with one attached hydrogen (secondary N) is 1. The predicted octanol–water partition coefficient (Wildman–Crippen LogP) is 1.36. The molecule has 3 heterocycles. The molecule has 0 bridgehead atoms. The highest BCUT2D eigenvalue weighted by Crippen LogP contribution is 2.22. The Kier molecular flexibility index (Phi) is 3.96. The van der Waals surface area contributed by atoms with Gasteiger partial charge in [-0.15, -0.1) is 0 Å². The van der Waals surface area contributed by atoms with Gasteiger partial charge in [-0.2, -0.15) is 0 Å².